The van der Waals surface area contributed by atoms with Gasteiger partial charge in [0.2, 0.25) is 11.8 Å². The Bertz CT molecular complexity index is 686. The van der Waals surface area contributed by atoms with Gasteiger partial charge in [0.05, 0.1) is 19.3 Å². The molecule has 1 N–H and O–H groups in total. The summed E-state index contributed by atoms with van der Waals surface area (Å²) in [6, 6.07) is 2.42. The summed E-state index contributed by atoms with van der Waals surface area (Å²) in [5.41, 5.74) is -0.931. The number of hydrogen-bond acceptors (Lipinski definition) is 5. The van der Waals surface area contributed by atoms with E-state index in [1.54, 1.807) is 4.90 Å². The van der Waals surface area contributed by atoms with Gasteiger partial charge in [-0.2, -0.15) is 5.26 Å². The predicted octanol–water partition coefficient (Wildman–Crippen LogP) is 2.95. The number of carbonyl (C=O) groups is 2. The van der Waals surface area contributed by atoms with Crippen molar-refractivity contribution < 1.29 is 14.3 Å². The molecular formula is C25H42N4O3. The highest BCUT2D eigenvalue weighted by Crippen LogP contribution is 2.30. The average Bonchev–Trinajstić information content (AvgIpc) is 3.16. The molecule has 2 atom stereocenters. The van der Waals surface area contributed by atoms with Gasteiger partial charge < -0.3 is 15.0 Å². The molecule has 0 radical (unpaired) electrons. The van der Waals surface area contributed by atoms with E-state index in [1.165, 1.54) is 32.1 Å². The number of nitrogens with zero attached hydrogens (tertiary/aromatic N) is 3. The number of ether oxygens (including phenoxy) is 1. The van der Waals surface area contributed by atoms with Gasteiger partial charge in [-0.15, -0.1) is 0 Å². The first-order valence-electron chi connectivity index (χ1n) is 12.5. The monoisotopic (exact) mass is 446 g/mol. The van der Waals surface area contributed by atoms with E-state index < -0.39 is 11.5 Å². The molecule has 0 spiro atoms. The molecule has 3 fully saturated rings. The molecule has 2 saturated heterocycles. The maximum absolute atomic E-state index is 13.4. The van der Waals surface area contributed by atoms with Crippen LogP contribution >= 0.6 is 0 Å². The maximum atomic E-state index is 13.4. The van der Waals surface area contributed by atoms with Gasteiger partial charge >= 0.3 is 0 Å². The van der Waals surface area contributed by atoms with Crippen molar-refractivity contribution in [3.63, 3.8) is 0 Å². The summed E-state index contributed by atoms with van der Waals surface area (Å²) >= 11 is 0. The molecule has 32 heavy (non-hydrogen) atoms. The van der Waals surface area contributed by atoms with Crippen molar-refractivity contribution in [1.82, 2.24) is 15.1 Å². The molecular weight excluding hydrogens is 404 g/mol. The SMILES string of the molecule is CC(C)(C)CC(CC(=O)N1CCOCC1)C(=O)NC1(C#N)CCN(CC2CCCCC2)C1. The third-order valence-electron chi connectivity index (χ3n) is 7.18. The molecule has 1 aliphatic carbocycles. The van der Waals surface area contributed by atoms with Crippen LogP contribution in [0.25, 0.3) is 0 Å². The van der Waals surface area contributed by atoms with Gasteiger partial charge in [-0.3, -0.25) is 14.5 Å². The molecule has 0 bridgehead atoms. The van der Waals surface area contributed by atoms with E-state index in [0.29, 0.717) is 51.6 Å². The van der Waals surface area contributed by atoms with Gasteiger partial charge in [0, 0.05) is 45.1 Å². The van der Waals surface area contributed by atoms with Crippen molar-refractivity contribution in [2.24, 2.45) is 17.3 Å². The molecule has 0 aromatic rings. The Labute approximate surface area is 193 Å². The molecule has 2 amide bonds. The molecule has 3 rings (SSSR count). The van der Waals surface area contributed by atoms with E-state index in [1.807, 2.05) is 0 Å². The largest absolute Gasteiger partial charge is 0.378 e. The van der Waals surface area contributed by atoms with Crippen molar-refractivity contribution in [1.29, 1.82) is 5.26 Å². The van der Waals surface area contributed by atoms with Crippen molar-refractivity contribution in [3.05, 3.63) is 0 Å². The fraction of sp³-hybridized carbons (Fsp3) is 0.880. The minimum atomic E-state index is -0.843. The number of hydrogen-bond donors (Lipinski definition) is 1. The van der Waals surface area contributed by atoms with Crippen molar-refractivity contribution >= 4 is 11.8 Å². The lowest BCUT2D eigenvalue weighted by Crippen LogP contribution is -2.52. The minimum Gasteiger partial charge on any atom is -0.378 e. The normalized spacial score (nSPS) is 26.5. The lowest BCUT2D eigenvalue weighted by Gasteiger charge is -2.32. The molecule has 1 saturated carbocycles. The topological polar surface area (TPSA) is 85.7 Å². The van der Waals surface area contributed by atoms with Crippen LogP contribution in [0, 0.1) is 28.6 Å². The Balaban J connectivity index is 1.61. The fourth-order valence-corrected chi connectivity index (χ4v) is 5.49. The van der Waals surface area contributed by atoms with Gasteiger partial charge in [-0.1, -0.05) is 40.0 Å². The fourth-order valence-electron chi connectivity index (χ4n) is 5.49. The molecule has 180 valence electrons. The van der Waals surface area contributed by atoms with Crippen LogP contribution in [0.4, 0.5) is 0 Å². The smallest absolute Gasteiger partial charge is 0.224 e. The van der Waals surface area contributed by atoms with Gasteiger partial charge in [0.15, 0.2) is 0 Å². The number of nitriles is 1. The zero-order chi connectivity index (χ0) is 23.2. The van der Waals surface area contributed by atoms with Gasteiger partial charge in [-0.05, 0) is 37.0 Å². The van der Waals surface area contributed by atoms with E-state index in [0.717, 1.165) is 13.1 Å². The summed E-state index contributed by atoms with van der Waals surface area (Å²) in [5, 5.41) is 13.1. The van der Waals surface area contributed by atoms with E-state index in [4.69, 9.17) is 4.74 Å². The van der Waals surface area contributed by atoms with Crippen LogP contribution in [0.5, 0.6) is 0 Å². The Kier molecular flexibility index (Phi) is 8.57. The highest BCUT2D eigenvalue weighted by molar-refractivity contribution is 5.86. The van der Waals surface area contributed by atoms with E-state index in [2.05, 4.69) is 37.1 Å². The summed E-state index contributed by atoms with van der Waals surface area (Å²) in [6.07, 6.45) is 7.97. The van der Waals surface area contributed by atoms with Crippen molar-refractivity contribution in [2.45, 2.75) is 77.7 Å². The van der Waals surface area contributed by atoms with E-state index in [9.17, 15) is 14.9 Å². The first kappa shape index (κ1) is 25.0. The molecule has 0 aromatic heterocycles. The standard InChI is InChI=1S/C25H42N4O3/c1-24(2,3)16-21(15-22(30)29-11-13-32-14-12-29)23(31)27-25(18-26)9-10-28(19-25)17-20-7-5-4-6-8-20/h20-21H,4-17,19H2,1-3H3,(H,27,31). The second-order valence-electron chi connectivity index (χ2n) is 11.3. The van der Waals surface area contributed by atoms with Crippen LogP contribution in [-0.4, -0.2) is 73.1 Å². The predicted molar refractivity (Wildman–Crippen MR) is 124 cm³/mol. The third-order valence-corrected chi connectivity index (χ3v) is 7.18. The average molecular weight is 447 g/mol. The van der Waals surface area contributed by atoms with Crippen LogP contribution in [0.1, 0.15) is 72.1 Å². The number of carbonyl (C=O) groups excluding carboxylic acids is 2. The maximum Gasteiger partial charge on any atom is 0.224 e. The number of morpholine rings is 1. The second-order valence-corrected chi connectivity index (χ2v) is 11.3. The first-order chi connectivity index (χ1) is 15.2. The van der Waals surface area contributed by atoms with Crippen molar-refractivity contribution in [2.75, 3.05) is 45.9 Å². The molecule has 0 aromatic carbocycles. The van der Waals surface area contributed by atoms with Crippen LogP contribution in [-0.2, 0) is 14.3 Å². The minimum absolute atomic E-state index is 0.00838. The molecule has 7 heteroatoms. The molecule has 2 heterocycles. The quantitative estimate of drug-likeness (QED) is 0.650. The summed E-state index contributed by atoms with van der Waals surface area (Å²) in [4.78, 5) is 30.4. The Hall–Kier alpha value is -1.65. The van der Waals surface area contributed by atoms with Crippen LogP contribution in [0.3, 0.4) is 0 Å². The Morgan fingerprint density at radius 2 is 1.84 bits per heavy atom. The van der Waals surface area contributed by atoms with Crippen LogP contribution in [0.2, 0.25) is 0 Å². The first-order valence-corrected chi connectivity index (χ1v) is 12.5. The molecule has 3 aliphatic rings. The van der Waals surface area contributed by atoms with E-state index >= 15 is 0 Å². The third kappa shape index (κ3) is 7.18. The zero-order valence-corrected chi connectivity index (χ0v) is 20.3. The molecule has 7 nitrogen and oxygen atoms in total. The number of rotatable bonds is 7. The van der Waals surface area contributed by atoms with Gasteiger partial charge in [0.25, 0.3) is 0 Å². The lowest BCUT2D eigenvalue weighted by molar-refractivity contribution is -0.140. The Morgan fingerprint density at radius 1 is 1.16 bits per heavy atom. The molecule has 2 unspecified atom stereocenters. The van der Waals surface area contributed by atoms with Crippen LogP contribution < -0.4 is 5.32 Å². The lowest BCUT2D eigenvalue weighted by atomic mass is 9.82. The van der Waals surface area contributed by atoms with E-state index in [-0.39, 0.29) is 23.7 Å². The highest BCUT2D eigenvalue weighted by atomic mass is 16.5. The summed E-state index contributed by atoms with van der Waals surface area (Å²) in [5.74, 6) is 0.147. The van der Waals surface area contributed by atoms with Gasteiger partial charge in [0.1, 0.15) is 5.54 Å². The zero-order valence-electron chi connectivity index (χ0n) is 20.3. The van der Waals surface area contributed by atoms with Crippen LogP contribution in [0.15, 0.2) is 0 Å². The second kappa shape index (κ2) is 11.0. The molecule has 2 aliphatic heterocycles. The Morgan fingerprint density at radius 3 is 2.47 bits per heavy atom. The number of amides is 2. The number of likely N-dealkylation sites (tertiary alicyclic amines) is 1. The summed E-state index contributed by atoms with van der Waals surface area (Å²) < 4.78 is 5.35. The highest BCUT2D eigenvalue weighted by Gasteiger charge is 2.42. The summed E-state index contributed by atoms with van der Waals surface area (Å²) in [6.45, 7) is 11.0. The van der Waals surface area contributed by atoms with Crippen molar-refractivity contribution in [3.8, 4) is 6.07 Å². The van der Waals surface area contributed by atoms with Gasteiger partial charge in [-0.25, -0.2) is 0 Å². The summed E-state index contributed by atoms with van der Waals surface area (Å²) in [7, 11) is 0. The number of nitrogens with one attached hydrogen (secondary N) is 1.